The van der Waals surface area contributed by atoms with E-state index in [2.05, 4.69) is 27.7 Å². The maximum absolute atomic E-state index is 14.4. The fraction of sp³-hybridized carbons (Fsp3) is 1.00. The number of alkyl halides is 1. The molecule has 1 saturated carbocycles. The van der Waals surface area contributed by atoms with Gasteiger partial charge in [0.1, 0.15) is 6.17 Å². The van der Waals surface area contributed by atoms with Crippen LogP contribution in [0.25, 0.3) is 0 Å². The third kappa shape index (κ3) is 5.04. The molecule has 0 bridgehead atoms. The van der Waals surface area contributed by atoms with Gasteiger partial charge in [0.2, 0.25) is 0 Å². The molecule has 4 unspecified atom stereocenters. The molecule has 1 fully saturated rings. The molecule has 1 aliphatic rings. The highest BCUT2D eigenvalue weighted by Crippen LogP contribution is 2.56. The molecule has 0 aliphatic heterocycles. The number of hydrogen-bond donors (Lipinski definition) is 0. The van der Waals surface area contributed by atoms with Gasteiger partial charge >= 0.3 is 0 Å². The first-order chi connectivity index (χ1) is 9.71. The Balaban J connectivity index is 2.56. The smallest absolute Gasteiger partial charge is 0.107 e. The SMILES string of the molecule is CCCCC(CCC)C1C(F)C1C(CCC)CCCC. The lowest BCUT2D eigenvalue weighted by molar-refractivity contribution is 0.304. The molecule has 0 spiro atoms. The maximum Gasteiger partial charge on any atom is 0.107 e. The van der Waals surface area contributed by atoms with Gasteiger partial charge < -0.3 is 0 Å². The van der Waals surface area contributed by atoms with Gasteiger partial charge in [0.25, 0.3) is 0 Å². The Hall–Kier alpha value is -0.0700. The minimum Gasteiger partial charge on any atom is -0.247 e. The second-order valence-electron chi connectivity index (χ2n) is 6.98. The fourth-order valence-corrected chi connectivity index (χ4v) is 4.20. The van der Waals surface area contributed by atoms with E-state index in [1.165, 1.54) is 64.2 Å². The first kappa shape index (κ1) is 18.0. The van der Waals surface area contributed by atoms with Gasteiger partial charge in [0, 0.05) is 0 Å². The van der Waals surface area contributed by atoms with Crippen molar-refractivity contribution in [3.63, 3.8) is 0 Å². The van der Waals surface area contributed by atoms with Gasteiger partial charge in [-0.05, 0) is 23.7 Å². The van der Waals surface area contributed by atoms with E-state index in [0.717, 1.165) is 0 Å². The zero-order chi connectivity index (χ0) is 15.0. The van der Waals surface area contributed by atoms with Gasteiger partial charge in [-0.15, -0.1) is 0 Å². The van der Waals surface area contributed by atoms with Gasteiger partial charge in [-0.2, -0.15) is 0 Å². The molecule has 4 atom stereocenters. The summed E-state index contributed by atoms with van der Waals surface area (Å²) in [7, 11) is 0. The molecule has 1 aliphatic carbocycles. The summed E-state index contributed by atoms with van der Waals surface area (Å²) in [5.41, 5.74) is 0. The lowest BCUT2D eigenvalue weighted by Crippen LogP contribution is -2.10. The molecule has 0 saturated heterocycles. The van der Waals surface area contributed by atoms with Crippen LogP contribution in [0.1, 0.15) is 91.9 Å². The monoisotopic (exact) mass is 284 g/mol. The Morgan fingerprint density at radius 2 is 1.05 bits per heavy atom. The largest absolute Gasteiger partial charge is 0.247 e. The van der Waals surface area contributed by atoms with Crippen molar-refractivity contribution in [1.29, 1.82) is 0 Å². The molecule has 0 amide bonds. The summed E-state index contributed by atoms with van der Waals surface area (Å²) in [5.74, 6) is 2.16. The molecule has 1 rings (SSSR count). The summed E-state index contributed by atoms with van der Waals surface area (Å²) in [6.45, 7) is 9.01. The van der Waals surface area contributed by atoms with Crippen molar-refractivity contribution in [2.45, 2.75) is 98.1 Å². The van der Waals surface area contributed by atoms with Crippen LogP contribution in [0.2, 0.25) is 0 Å². The van der Waals surface area contributed by atoms with Crippen molar-refractivity contribution >= 4 is 0 Å². The Morgan fingerprint density at radius 1 is 0.650 bits per heavy atom. The molecule has 0 N–H and O–H groups in total. The van der Waals surface area contributed by atoms with E-state index in [-0.39, 0.29) is 0 Å². The zero-order valence-electron chi connectivity index (χ0n) is 14.3. The highest BCUT2D eigenvalue weighted by Gasteiger charge is 2.56. The van der Waals surface area contributed by atoms with Crippen LogP contribution >= 0.6 is 0 Å². The van der Waals surface area contributed by atoms with Gasteiger partial charge in [-0.1, -0.05) is 91.9 Å². The van der Waals surface area contributed by atoms with E-state index in [9.17, 15) is 4.39 Å². The van der Waals surface area contributed by atoms with E-state index in [0.29, 0.717) is 23.7 Å². The second kappa shape index (κ2) is 9.79. The van der Waals surface area contributed by atoms with Gasteiger partial charge in [-0.25, -0.2) is 4.39 Å². The molecule has 0 aromatic carbocycles. The standard InChI is InChI=1S/C19H37F/c1-5-9-13-15(11-7-3)17-18(19(17)20)16(12-8-4)14-10-6-2/h15-19H,5-14H2,1-4H3. The van der Waals surface area contributed by atoms with Crippen molar-refractivity contribution in [2.24, 2.45) is 23.7 Å². The molecule has 0 heterocycles. The van der Waals surface area contributed by atoms with Crippen molar-refractivity contribution in [3.05, 3.63) is 0 Å². The third-order valence-electron chi connectivity index (χ3n) is 5.30. The van der Waals surface area contributed by atoms with Gasteiger partial charge in [0.15, 0.2) is 0 Å². The van der Waals surface area contributed by atoms with Crippen molar-refractivity contribution < 1.29 is 4.39 Å². The van der Waals surface area contributed by atoms with E-state index >= 15 is 0 Å². The minimum atomic E-state index is -0.475. The quantitative estimate of drug-likeness (QED) is 0.370. The first-order valence-corrected chi connectivity index (χ1v) is 9.35. The number of halogens is 1. The predicted octanol–water partition coefficient (Wildman–Crippen LogP) is 6.78. The normalized spacial score (nSPS) is 28.4. The molecule has 0 radical (unpaired) electrons. The Bertz CT molecular complexity index is 214. The fourth-order valence-electron chi connectivity index (χ4n) is 4.20. The average Bonchev–Trinajstić information content (AvgIpc) is 3.10. The highest BCUT2D eigenvalue weighted by molar-refractivity contribution is 5.04. The summed E-state index contributed by atoms with van der Waals surface area (Å²) in [4.78, 5) is 0. The van der Waals surface area contributed by atoms with Crippen molar-refractivity contribution in [2.75, 3.05) is 0 Å². The predicted molar refractivity (Wildman–Crippen MR) is 87.7 cm³/mol. The minimum absolute atomic E-state index is 0.412. The van der Waals surface area contributed by atoms with Crippen molar-refractivity contribution in [3.8, 4) is 0 Å². The van der Waals surface area contributed by atoms with Crippen LogP contribution in [-0.4, -0.2) is 6.17 Å². The van der Waals surface area contributed by atoms with Gasteiger partial charge in [-0.3, -0.25) is 0 Å². The lowest BCUT2D eigenvalue weighted by atomic mass is 9.85. The van der Waals surface area contributed by atoms with Crippen LogP contribution in [0.5, 0.6) is 0 Å². The van der Waals surface area contributed by atoms with Crippen LogP contribution < -0.4 is 0 Å². The molecule has 20 heavy (non-hydrogen) atoms. The summed E-state index contributed by atoms with van der Waals surface area (Å²) in [6, 6.07) is 0. The van der Waals surface area contributed by atoms with E-state index < -0.39 is 6.17 Å². The van der Waals surface area contributed by atoms with E-state index in [4.69, 9.17) is 0 Å². The number of hydrogen-bond acceptors (Lipinski definition) is 0. The molecule has 120 valence electrons. The van der Waals surface area contributed by atoms with E-state index in [1.54, 1.807) is 0 Å². The molecule has 0 aromatic rings. The Kier molecular flexibility index (Phi) is 8.80. The molecule has 0 nitrogen and oxygen atoms in total. The molecule has 0 aromatic heterocycles. The van der Waals surface area contributed by atoms with Crippen LogP contribution in [0.4, 0.5) is 4.39 Å². The third-order valence-corrected chi connectivity index (χ3v) is 5.30. The first-order valence-electron chi connectivity index (χ1n) is 9.35. The molecular formula is C19H37F. The van der Waals surface area contributed by atoms with Crippen LogP contribution in [-0.2, 0) is 0 Å². The topological polar surface area (TPSA) is 0 Å². The van der Waals surface area contributed by atoms with Crippen molar-refractivity contribution in [1.82, 2.24) is 0 Å². The average molecular weight is 285 g/mol. The summed E-state index contributed by atoms with van der Waals surface area (Å²) in [6.07, 6.45) is 12.1. The second-order valence-corrected chi connectivity index (χ2v) is 6.98. The highest BCUT2D eigenvalue weighted by atomic mass is 19.1. The molecule has 1 heteroatoms. The summed E-state index contributed by atoms with van der Waals surface area (Å²) < 4.78 is 14.4. The zero-order valence-corrected chi connectivity index (χ0v) is 14.3. The Labute approximate surface area is 126 Å². The number of unbranched alkanes of at least 4 members (excludes halogenated alkanes) is 2. The van der Waals surface area contributed by atoms with Crippen LogP contribution in [0.3, 0.4) is 0 Å². The van der Waals surface area contributed by atoms with Crippen LogP contribution in [0.15, 0.2) is 0 Å². The Morgan fingerprint density at radius 3 is 1.35 bits per heavy atom. The van der Waals surface area contributed by atoms with Gasteiger partial charge in [0.05, 0.1) is 0 Å². The van der Waals surface area contributed by atoms with E-state index in [1.807, 2.05) is 0 Å². The lowest BCUT2D eigenvalue weighted by Gasteiger charge is -2.19. The number of rotatable bonds is 12. The summed E-state index contributed by atoms with van der Waals surface area (Å²) >= 11 is 0. The van der Waals surface area contributed by atoms with Crippen LogP contribution in [0, 0.1) is 23.7 Å². The maximum atomic E-state index is 14.4. The molecular weight excluding hydrogens is 247 g/mol. The summed E-state index contributed by atoms with van der Waals surface area (Å²) in [5, 5.41) is 0.